The predicted octanol–water partition coefficient (Wildman–Crippen LogP) is 3.43. The second kappa shape index (κ2) is 7.34. The molecule has 2 unspecified atom stereocenters. The van der Waals surface area contributed by atoms with Crippen molar-refractivity contribution in [1.82, 2.24) is 10.2 Å². The molecule has 0 radical (unpaired) electrons. The van der Waals surface area contributed by atoms with Crippen LogP contribution in [-0.2, 0) is 4.74 Å². The molecule has 1 aromatic rings. The molecule has 1 aliphatic heterocycles. The number of carbonyl (C=O) groups excluding carboxylic acids is 1. The molecule has 3 rings (SSSR count). The van der Waals surface area contributed by atoms with E-state index < -0.39 is 0 Å². The monoisotopic (exact) mass is 345 g/mol. The Morgan fingerprint density at radius 1 is 1.24 bits per heavy atom. The van der Waals surface area contributed by atoms with Crippen LogP contribution in [-0.4, -0.2) is 49.3 Å². The topological polar surface area (TPSA) is 53.6 Å². The maximum Gasteiger partial charge on any atom is 0.319 e. The van der Waals surface area contributed by atoms with Crippen LogP contribution in [0, 0.1) is 5.41 Å². The summed E-state index contributed by atoms with van der Waals surface area (Å²) in [6, 6.07) is 8.63. The number of morpholine rings is 1. The lowest BCUT2D eigenvalue weighted by Crippen LogP contribution is -2.68. The van der Waals surface area contributed by atoms with Gasteiger partial charge in [0.2, 0.25) is 0 Å². The third-order valence-electron chi connectivity index (χ3n) is 5.84. The van der Waals surface area contributed by atoms with E-state index in [2.05, 4.69) is 49.3 Å². The summed E-state index contributed by atoms with van der Waals surface area (Å²) in [5.74, 6) is 0.377. The second-order valence-electron chi connectivity index (χ2n) is 8.11. The van der Waals surface area contributed by atoms with Gasteiger partial charge >= 0.3 is 6.03 Å². The number of hydrogen-bond donors (Lipinski definition) is 2. The number of nitrogens with one attached hydrogen (secondary N) is 2. The van der Waals surface area contributed by atoms with E-state index in [0.717, 1.165) is 44.0 Å². The summed E-state index contributed by atoms with van der Waals surface area (Å²) < 4.78 is 5.45. The fraction of sp³-hybridized carbons (Fsp3) is 0.650. The fourth-order valence-electron chi connectivity index (χ4n) is 4.09. The Morgan fingerprint density at radius 3 is 2.56 bits per heavy atom. The number of hydrogen-bond acceptors (Lipinski definition) is 3. The minimum atomic E-state index is -0.105. The van der Waals surface area contributed by atoms with Crippen molar-refractivity contribution in [1.29, 1.82) is 0 Å². The molecule has 0 spiro atoms. The van der Waals surface area contributed by atoms with Gasteiger partial charge in [0.25, 0.3) is 0 Å². The molecule has 2 amide bonds. The molecule has 2 aliphatic rings. The number of nitrogens with zero attached hydrogens (tertiary/aromatic N) is 1. The van der Waals surface area contributed by atoms with Gasteiger partial charge in [0.15, 0.2) is 0 Å². The van der Waals surface area contributed by atoms with Crippen molar-refractivity contribution in [3.8, 4) is 0 Å². The Balaban J connectivity index is 1.57. The van der Waals surface area contributed by atoms with Gasteiger partial charge in [-0.2, -0.15) is 0 Å². The summed E-state index contributed by atoms with van der Waals surface area (Å²) in [6.07, 6.45) is 1.01. The Hall–Kier alpha value is -1.59. The van der Waals surface area contributed by atoms with E-state index in [4.69, 9.17) is 4.74 Å². The van der Waals surface area contributed by atoms with Gasteiger partial charge in [-0.05, 0) is 24.0 Å². The maximum atomic E-state index is 12.5. The zero-order valence-electron chi connectivity index (χ0n) is 15.8. The Labute approximate surface area is 151 Å². The second-order valence-corrected chi connectivity index (χ2v) is 8.11. The molecule has 5 heteroatoms. The first kappa shape index (κ1) is 18.2. The molecule has 1 aliphatic carbocycles. The summed E-state index contributed by atoms with van der Waals surface area (Å²) in [6.45, 7) is 12.4. The number of benzene rings is 1. The van der Waals surface area contributed by atoms with Gasteiger partial charge < -0.3 is 15.4 Å². The number of amides is 2. The number of anilines is 1. The first-order valence-corrected chi connectivity index (χ1v) is 9.38. The van der Waals surface area contributed by atoms with Crippen LogP contribution in [0.15, 0.2) is 24.3 Å². The zero-order valence-corrected chi connectivity index (χ0v) is 15.8. The Bertz CT molecular complexity index is 609. The van der Waals surface area contributed by atoms with Gasteiger partial charge in [0, 0.05) is 36.3 Å². The number of carbonyl (C=O) groups is 1. The lowest BCUT2D eigenvalue weighted by Gasteiger charge is -2.57. The normalized spacial score (nSPS) is 26.1. The van der Waals surface area contributed by atoms with Crippen LogP contribution >= 0.6 is 0 Å². The smallest absolute Gasteiger partial charge is 0.319 e. The molecule has 2 N–H and O–H groups in total. The van der Waals surface area contributed by atoms with Crippen LogP contribution in [0.5, 0.6) is 0 Å². The SMILES string of the molecule is CC(C)c1ccccc1NC(=O)NC1CC(N2CCOCC2)C1(C)C. The highest BCUT2D eigenvalue weighted by Crippen LogP contribution is 2.44. The van der Waals surface area contributed by atoms with Crippen LogP contribution < -0.4 is 10.6 Å². The van der Waals surface area contributed by atoms with Crippen LogP contribution in [0.1, 0.15) is 45.6 Å². The molecule has 2 atom stereocenters. The molecule has 5 nitrogen and oxygen atoms in total. The molecule has 1 saturated carbocycles. The van der Waals surface area contributed by atoms with Gasteiger partial charge in [-0.15, -0.1) is 0 Å². The molecule has 138 valence electrons. The van der Waals surface area contributed by atoms with Gasteiger partial charge in [0.05, 0.1) is 13.2 Å². The quantitative estimate of drug-likeness (QED) is 0.879. The van der Waals surface area contributed by atoms with Crippen LogP contribution in [0.3, 0.4) is 0 Å². The molecule has 25 heavy (non-hydrogen) atoms. The molecular weight excluding hydrogens is 314 g/mol. The summed E-state index contributed by atoms with van der Waals surface area (Å²) in [7, 11) is 0. The van der Waals surface area contributed by atoms with E-state index in [9.17, 15) is 4.79 Å². The molecule has 1 heterocycles. The summed E-state index contributed by atoms with van der Waals surface area (Å²) >= 11 is 0. The summed E-state index contributed by atoms with van der Waals surface area (Å²) in [5, 5.41) is 6.22. The molecule has 1 aromatic carbocycles. The summed E-state index contributed by atoms with van der Waals surface area (Å²) in [4.78, 5) is 15.0. The number of para-hydroxylation sites is 1. The molecular formula is C20H31N3O2. The third-order valence-corrected chi connectivity index (χ3v) is 5.84. The molecule has 0 aromatic heterocycles. The van der Waals surface area contributed by atoms with Crippen LogP contribution in [0.2, 0.25) is 0 Å². The number of urea groups is 1. The van der Waals surface area contributed by atoms with E-state index in [1.54, 1.807) is 0 Å². The molecule has 1 saturated heterocycles. The predicted molar refractivity (Wildman–Crippen MR) is 101 cm³/mol. The van der Waals surface area contributed by atoms with Crippen LogP contribution in [0.4, 0.5) is 10.5 Å². The highest BCUT2D eigenvalue weighted by atomic mass is 16.5. The van der Waals surface area contributed by atoms with E-state index in [0.29, 0.717) is 12.0 Å². The highest BCUT2D eigenvalue weighted by molar-refractivity contribution is 5.90. The summed E-state index contributed by atoms with van der Waals surface area (Å²) in [5.41, 5.74) is 2.14. The standard InChI is InChI=1S/C20H31N3O2/c1-14(2)15-7-5-6-8-16(15)21-19(24)22-17-13-18(20(17,3)4)23-9-11-25-12-10-23/h5-8,14,17-18H,9-13H2,1-4H3,(H2,21,22,24). The van der Waals surface area contributed by atoms with E-state index >= 15 is 0 Å². The van der Waals surface area contributed by atoms with E-state index in [-0.39, 0.29) is 17.5 Å². The van der Waals surface area contributed by atoms with Crippen molar-refractivity contribution in [3.63, 3.8) is 0 Å². The van der Waals surface area contributed by atoms with Gasteiger partial charge in [0.1, 0.15) is 0 Å². The lowest BCUT2D eigenvalue weighted by atomic mass is 9.62. The van der Waals surface area contributed by atoms with Crippen molar-refractivity contribution in [2.24, 2.45) is 5.41 Å². The number of ether oxygens (including phenoxy) is 1. The molecule has 2 fully saturated rings. The average molecular weight is 345 g/mol. The minimum Gasteiger partial charge on any atom is -0.379 e. The average Bonchev–Trinajstić information content (AvgIpc) is 2.59. The van der Waals surface area contributed by atoms with Crippen molar-refractivity contribution < 1.29 is 9.53 Å². The minimum absolute atomic E-state index is 0.0756. The van der Waals surface area contributed by atoms with Crippen molar-refractivity contribution >= 4 is 11.7 Å². The van der Waals surface area contributed by atoms with Crippen molar-refractivity contribution in [3.05, 3.63) is 29.8 Å². The first-order chi connectivity index (χ1) is 11.9. The zero-order chi connectivity index (χ0) is 18.0. The van der Waals surface area contributed by atoms with Crippen molar-refractivity contribution in [2.75, 3.05) is 31.6 Å². The fourth-order valence-corrected chi connectivity index (χ4v) is 4.09. The van der Waals surface area contributed by atoms with Gasteiger partial charge in [-0.1, -0.05) is 45.9 Å². The van der Waals surface area contributed by atoms with Crippen molar-refractivity contribution in [2.45, 2.75) is 52.1 Å². The van der Waals surface area contributed by atoms with Gasteiger partial charge in [-0.25, -0.2) is 4.79 Å². The van der Waals surface area contributed by atoms with Crippen LogP contribution in [0.25, 0.3) is 0 Å². The molecule has 0 bridgehead atoms. The van der Waals surface area contributed by atoms with Gasteiger partial charge in [-0.3, -0.25) is 4.90 Å². The van der Waals surface area contributed by atoms with E-state index in [1.807, 2.05) is 18.2 Å². The Morgan fingerprint density at radius 2 is 1.92 bits per heavy atom. The Kier molecular flexibility index (Phi) is 5.35. The number of rotatable bonds is 4. The lowest BCUT2D eigenvalue weighted by molar-refractivity contribution is -0.0740. The maximum absolute atomic E-state index is 12.5. The first-order valence-electron chi connectivity index (χ1n) is 9.38. The largest absolute Gasteiger partial charge is 0.379 e. The highest BCUT2D eigenvalue weighted by Gasteiger charge is 2.51. The van der Waals surface area contributed by atoms with E-state index in [1.165, 1.54) is 0 Å². The third kappa shape index (κ3) is 3.82.